The second-order valence-corrected chi connectivity index (χ2v) is 9.76. The van der Waals surface area contributed by atoms with Gasteiger partial charge in [-0.05, 0) is 36.6 Å². The minimum absolute atomic E-state index is 0.0858. The third kappa shape index (κ3) is 3.59. The average molecular weight is 489 g/mol. The number of rotatable bonds is 3. The zero-order valence-electron chi connectivity index (χ0n) is 18.5. The van der Waals surface area contributed by atoms with Crippen LogP contribution in [0, 0.1) is 6.92 Å². The van der Waals surface area contributed by atoms with Crippen LogP contribution in [-0.4, -0.2) is 56.6 Å². The molecule has 0 bridgehead atoms. The van der Waals surface area contributed by atoms with E-state index in [1.807, 2.05) is 45.0 Å². The molecule has 6 rings (SSSR count). The fraction of sp³-hybridized carbons (Fsp3) is 0.200. The lowest BCUT2D eigenvalue weighted by Gasteiger charge is -2.35. The highest BCUT2D eigenvalue weighted by atomic mass is 35.5. The lowest BCUT2D eigenvalue weighted by atomic mass is 10.1. The molecule has 0 radical (unpaired) electrons. The SMILES string of the molecule is Cc1ccc(-c2nnc3c4ccc(Cl)cc4nc(N4CCN(C(=O)c5cccs5)CC4)n23)cc1. The maximum absolute atomic E-state index is 12.8. The van der Waals surface area contributed by atoms with Crippen LogP contribution in [0.4, 0.5) is 5.95 Å². The largest absolute Gasteiger partial charge is 0.338 e. The van der Waals surface area contributed by atoms with Crippen molar-refractivity contribution < 1.29 is 4.79 Å². The molecule has 1 saturated heterocycles. The van der Waals surface area contributed by atoms with Gasteiger partial charge in [0.05, 0.1) is 10.4 Å². The smallest absolute Gasteiger partial charge is 0.264 e. The monoisotopic (exact) mass is 488 g/mol. The summed E-state index contributed by atoms with van der Waals surface area (Å²) in [6.45, 7) is 4.63. The van der Waals surface area contributed by atoms with Crippen LogP contribution < -0.4 is 4.90 Å². The summed E-state index contributed by atoms with van der Waals surface area (Å²) in [5, 5.41) is 12.6. The van der Waals surface area contributed by atoms with Gasteiger partial charge in [0.1, 0.15) is 0 Å². The molecule has 1 aliphatic rings. The number of aryl methyl sites for hydroxylation is 1. The lowest BCUT2D eigenvalue weighted by Crippen LogP contribution is -2.49. The van der Waals surface area contributed by atoms with Crippen LogP contribution in [-0.2, 0) is 0 Å². The molecule has 0 N–H and O–H groups in total. The van der Waals surface area contributed by atoms with E-state index >= 15 is 0 Å². The first-order chi connectivity index (χ1) is 16.6. The van der Waals surface area contributed by atoms with Crippen LogP contribution in [0.15, 0.2) is 60.0 Å². The third-order valence-corrected chi connectivity index (χ3v) is 7.27. The van der Waals surface area contributed by atoms with E-state index in [2.05, 4.69) is 46.3 Å². The standard InChI is InChI=1S/C25H21ClN6OS/c1-16-4-6-17(7-5-16)22-28-29-23-19-9-8-18(26)15-20(19)27-25(32(22)23)31-12-10-30(11-13-31)24(33)21-3-2-14-34-21/h2-9,14-15H,10-13H2,1H3. The molecule has 1 fully saturated rings. The van der Waals surface area contributed by atoms with E-state index < -0.39 is 0 Å². The van der Waals surface area contributed by atoms with Crippen LogP contribution in [0.3, 0.4) is 0 Å². The summed E-state index contributed by atoms with van der Waals surface area (Å²) in [7, 11) is 0. The molecule has 34 heavy (non-hydrogen) atoms. The Hall–Kier alpha value is -3.49. The van der Waals surface area contributed by atoms with Crippen molar-refractivity contribution in [3.05, 3.63) is 75.4 Å². The number of carbonyl (C=O) groups is 1. The van der Waals surface area contributed by atoms with Gasteiger partial charge in [0.25, 0.3) is 5.91 Å². The van der Waals surface area contributed by atoms with Crippen molar-refractivity contribution in [2.45, 2.75) is 6.92 Å². The van der Waals surface area contributed by atoms with Gasteiger partial charge in [-0.3, -0.25) is 4.79 Å². The summed E-state index contributed by atoms with van der Waals surface area (Å²) >= 11 is 7.76. The van der Waals surface area contributed by atoms with Gasteiger partial charge in [-0.2, -0.15) is 0 Å². The maximum atomic E-state index is 12.8. The summed E-state index contributed by atoms with van der Waals surface area (Å²) in [5.74, 6) is 1.59. The summed E-state index contributed by atoms with van der Waals surface area (Å²) < 4.78 is 2.03. The molecule has 170 valence electrons. The Morgan fingerprint density at radius 3 is 2.53 bits per heavy atom. The summed E-state index contributed by atoms with van der Waals surface area (Å²) in [6, 6.07) is 17.7. The molecule has 0 spiro atoms. The molecule has 0 saturated carbocycles. The van der Waals surface area contributed by atoms with Gasteiger partial charge < -0.3 is 9.80 Å². The molecule has 1 aliphatic heterocycles. The molecular weight excluding hydrogens is 468 g/mol. The number of thiophene rings is 1. The molecule has 4 heterocycles. The summed E-state index contributed by atoms with van der Waals surface area (Å²) in [6.07, 6.45) is 0. The van der Waals surface area contributed by atoms with Gasteiger partial charge in [-0.15, -0.1) is 21.5 Å². The second-order valence-electron chi connectivity index (χ2n) is 8.38. The van der Waals surface area contributed by atoms with E-state index in [0.717, 1.165) is 38.8 Å². The zero-order chi connectivity index (χ0) is 23.2. The van der Waals surface area contributed by atoms with Crippen molar-refractivity contribution >= 4 is 51.3 Å². The molecule has 3 aromatic heterocycles. The number of fused-ring (bicyclic) bond motifs is 3. The maximum Gasteiger partial charge on any atom is 0.264 e. The Morgan fingerprint density at radius 1 is 1.00 bits per heavy atom. The van der Waals surface area contributed by atoms with E-state index in [0.29, 0.717) is 31.2 Å². The van der Waals surface area contributed by atoms with Crippen molar-refractivity contribution in [1.82, 2.24) is 24.5 Å². The summed E-state index contributed by atoms with van der Waals surface area (Å²) in [5.41, 5.74) is 3.67. The first-order valence-electron chi connectivity index (χ1n) is 11.1. The molecular formula is C25H21ClN6OS. The summed E-state index contributed by atoms with van der Waals surface area (Å²) in [4.78, 5) is 22.7. The first kappa shape index (κ1) is 21.1. The minimum atomic E-state index is 0.0858. The number of nitrogens with zero attached hydrogens (tertiary/aromatic N) is 6. The van der Waals surface area contributed by atoms with E-state index in [-0.39, 0.29) is 5.91 Å². The van der Waals surface area contributed by atoms with Crippen LogP contribution in [0.1, 0.15) is 15.2 Å². The van der Waals surface area contributed by atoms with Gasteiger partial charge in [0, 0.05) is 42.2 Å². The molecule has 1 amide bonds. The number of piperazine rings is 1. The van der Waals surface area contributed by atoms with Crippen LogP contribution in [0.25, 0.3) is 27.9 Å². The molecule has 2 aromatic carbocycles. The van der Waals surface area contributed by atoms with Crippen molar-refractivity contribution in [3.8, 4) is 11.4 Å². The van der Waals surface area contributed by atoms with Crippen molar-refractivity contribution in [1.29, 1.82) is 0 Å². The topological polar surface area (TPSA) is 66.6 Å². The molecule has 9 heteroatoms. The molecule has 0 unspecified atom stereocenters. The zero-order valence-corrected chi connectivity index (χ0v) is 20.1. The highest BCUT2D eigenvalue weighted by Crippen LogP contribution is 2.30. The molecule has 0 aliphatic carbocycles. The second kappa shape index (κ2) is 8.38. The average Bonchev–Trinajstić information content (AvgIpc) is 3.54. The Kier molecular flexibility index (Phi) is 5.19. The molecule has 5 aromatic rings. The van der Waals surface area contributed by atoms with Gasteiger partial charge in [-0.1, -0.05) is 47.5 Å². The number of hydrogen-bond donors (Lipinski definition) is 0. The first-order valence-corrected chi connectivity index (χ1v) is 12.3. The highest BCUT2D eigenvalue weighted by Gasteiger charge is 2.27. The van der Waals surface area contributed by atoms with Crippen molar-refractivity contribution in [3.63, 3.8) is 0 Å². The van der Waals surface area contributed by atoms with E-state index in [9.17, 15) is 4.79 Å². The molecule has 0 atom stereocenters. The molecule has 7 nitrogen and oxygen atoms in total. The normalized spacial score (nSPS) is 14.3. The van der Waals surface area contributed by atoms with E-state index in [4.69, 9.17) is 16.6 Å². The van der Waals surface area contributed by atoms with Crippen LogP contribution in [0.5, 0.6) is 0 Å². The number of halogens is 1. The number of carbonyl (C=O) groups excluding carboxylic acids is 1. The minimum Gasteiger partial charge on any atom is -0.338 e. The van der Waals surface area contributed by atoms with Gasteiger partial charge in [0.15, 0.2) is 11.5 Å². The number of benzene rings is 2. The van der Waals surface area contributed by atoms with Crippen molar-refractivity contribution in [2.75, 3.05) is 31.1 Å². The third-order valence-electron chi connectivity index (χ3n) is 6.18. The quantitative estimate of drug-likeness (QED) is 0.360. The predicted molar refractivity (Wildman–Crippen MR) is 136 cm³/mol. The highest BCUT2D eigenvalue weighted by molar-refractivity contribution is 7.12. The van der Waals surface area contributed by atoms with Crippen molar-refractivity contribution in [2.24, 2.45) is 0 Å². The lowest BCUT2D eigenvalue weighted by molar-refractivity contribution is 0.0751. The fourth-order valence-corrected chi connectivity index (χ4v) is 5.22. The number of aromatic nitrogens is 4. The fourth-order valence-electron chi connectivity index (χ4n) is 4.36. The Bertz CT molecular complexity index is 1500. The van der Waals surface area contributed by atoms with Gasteiger partial charge in [0.2, 0.25) is 5.95 Å². The van der Waals surface area contributed by atoms with Gasteiger partial charge >= 0.3 is 0 Å². The Balaban J connectivity index is 1.43. The van der Waals surface area contributed by atoms with Crippen LogP contribution in [0.2, 0.25) is 5.02 Å². The van der Waals surface area contributed by atoms with Crippen LogP contribution >= 0.6 is 22.9 Å². The van der Waals surface area contributed by atoms with E-state index in [1.165, 1.54) is 16.9 Å². The predicted octanol–water partition coefficient (Wildman–Crippen LogP) is 4.93. The Morgan fingerprint density at radius 2 is 1.79 bits per heavy atom. The number of anilines is 1. The van der Waals surface area contributed by atoms with Gasteiger partial charge in [-0.25, -0.2) is 9.38 Å². The number of amides is 1. The number of hydrogen-bond acceptors (Lipinski definition) is 6. The Labute approximate surface area is 205 Å². The van der Waals surface area contributed by atoms with E-state index in [1.54, 1.807) is 0 Å².